The Hall–Kier alpha value is -3.22. The fraction of sp³-hybridized carbons (Fsp3) is 0.364. The minimum atomic E-state index is -0.798. The number of hydrogen-bond acceptors (Lipinski definition) is 6. The topological polar surface area (TPSA) is 83.1 Å². The first-order valence-electron chi connectivity index (χ1n) is 9.23. The van der Waals surface area contributed by atoms with E-state index >= 15 is 0 Å². The number of hydrogen-bond donors (Lipinski definition) is 1. The van der Waals surface area contributed by atoms with E-state index in [2.05, 4.69) is 19.2 Å². The van der Waals surface area contributed by atoms with Crippen LogP contribution in [0.4, 0.5) is 5.69 Å². The normalized spacial score (nSPS) is 11.6. The Morgan fingerprint density at radius 1 is 0.897 bits per heavy atom. The largest absolute Gasteiger partial charge is 0.493 e. The number of esters is 1. The molecule has 0 saturated heterocycles. The van der Waals surface area contributed by atoms with Crippen LogP contribution in [0.3, 0.4) is 0 Å². The highest BCUT2D eigenvalue weighted by Crippen LogP contribution is 2.34. The van der Waals surface area contributed by atoms with Gasteiger partial charge in [-0.15, -0.1) is 0 Å². The van der Waals surface area contributed by atoms with Gasteiger partial charge in [0.05, 0.1) is 32.6 Å². The molecule has 0 bridgehead atoms. The van der Waals surface area contributed by atoms with Crippen LogP contribution in [-0.4, -0.2) is 39.3 Å². The summed E-state index contributed by atoms with van der Waals surface area (Å²) in [5.74, 6) is 0.583. The van der Waals surface area contributed by atoms with E-state index in [0.29, 0.717) is 17.2 Å². The highest BCUT2D eigenvalue weighted by molar-refractivity contribution is 6.03. The molecule has 29 heavy (non-hydrogen) atoms. The predicted octanol–water partition coefficient (Wildman–Crippen LogP) is 4.02. The molecule has 2 aromatic carbocycles. The summed E-state index contributed by atoms with van der Waals surface area (Å²) in [5, 5.41) is 2.72. The van der Waals surface area contributed by atoms with Crippen molar-refractivity contribution in [1.82, 2.24) is 0 Å². The van der Waals surface area contributed by atoms with Gasteiger partial charge in [0.2, 0.25) is 0 Å². The van der Waals surface area contributed by atoms with Gasteiger partial charge in [-0.2, -0.15) is 0 Å². The summed E-state index contributed by atoms with van der Waals surface area (Å²) < 4.78 is 21.2. The molecule has 1 amide bonds. The summed E-state index contributed by atoms with van der Waals surface area (Å²) in [7, 11) is 4.19. The molecule has 0 spiro atoms. The number of benzene rings is 2. The van der Waals surface area contributed by atoms with Crippen LogP contribution in [0, 0.1) is 0 Å². The van der Waals surface area contributed by atoms with Gasteiger partial charge < -0.3 is 24.3 Å². The van der Waals surface area contributed by atoms with Gasteiger partial charge in [0, 0.05) is 12.1 Å². The third-order valence-corrected chi connectivity index (χ3v) is 4.40. The number of nitrogens with one attached hydrogen (secondary N) is 1. The van der Waals surface area contributed by atoms with Crippen LogP contribution in [-0.2, 0) is 9.53 Å². The van der Waals surface area contributed by atoms with E-state index in [4.69, 9.17) is 18.9 Å². The summed E-state index contributed by atoms with van der Waals surface area (Å²) in [6.07, 6.45) is -0.798. The lowest BCUT2D eigenvalue weighted by molar-refractivity contribution is -0.122. The third kappa shape index (κ3) is 5.19. The quantitative estimate of drug-likeness (QED) is 0.673. The Morgan fingerprint density at radius 3 is 2.10 bits per heavy atom. The first-order chi connectivity index (χ1) is 13.8. The highest BCUT2D eigenvalue weighted by Gasteiger charge is 2.22. The maximum absolute atomic E-state index is 12.8. The van der Waals surface area contributed by atoms with Gasteiger partial charge in [0.15, 0.2) is 17.6 Å². The summed E-state index contributed by atoms with van der Waals surface area (Å²) in [4.78, 5) is 24.9. The first-order valence-corrected chi connectivity index (χ1v) is 9.23. The van der Waals surface area contributed by atoms with E-state index in [0.717, 1.165) is 5.56 Å². The monoisotopic (exact) mass is 401 g/mol. The minimum Gasteiger partial charge on any atom is -0.493 e. The lowest BCUT2D eigenvalue weighted by Gasteiger charge is -2.20. The van der Waals surface area contributed by atoms with Crippen LogP contribution in [0.25, 0.3) is 0 Å². The van der Waals surface area contributed by atoms with Crippen molar-refractivity contribution in [3.05, 3.63) is 47.5 Å². The Labute approximate surface area is 170 Å². The number of para-hydroxylation sites is 1. The van der Waals surface area contributed by atoms with Gasteiger partial charge in [-0.05, 0) is 24.5 Å². The van der Waals surface area contributed by atoms with Crippen molar-refractivity contribution < 1.29 is 28.5 Å². The van der Waals surface area contributed by atoms with Gasteiger partial charge in [0.1, 0.15) is 5.75 Å². The first kappa shape index (κ1) is 22.1. The van der Waals surface area contributed by atoms with Crippen LogP contribution >= 0.6 is 0 Å². The second kappa shape index (κ2) is 9.82. The second-order valence-corrected chi connectivity index (χ2v) is 6.69. The van der Waals surface area contributed by atoms with Crippen LogP contribution in [0.15, 0.2) is 36.4 Å². The molecule has 7 nitrogen and oxygen atoms in total. The van der Waals surface area contributed by atoms with Crippen molar-refractivity contribution in [2.24, 2.45) is 0 Å². The summed E-state index contributed by atoms with van der Waals surface area (Å²) in [6.45, 7) is 5.75. The Bertz CT molecular complexity index is 878. The summed E-state index contributed by atoms with van der Waals surface area (Å²) >= 11 is 0. The summed E-state index contributed by atoms with van der Waals surface area (Å²) in [5.41, 5.74) is 1.40. The molecule has 0 fully saturated rings. The molecular formula is C22H27NO6. The molecule has 0 aliphatic rings. The third-order valence-electron chi connectivity index (χ3n) is 4.40. The molecule has 0 aliphatic carbocycles. The van der Waals surface area contributed by atoms with Gasteiger partial charge in [0.25, 0.3) is 5.91 Å². The van der Waals surface area contributed by atoms with Crippen LogP contribution < -0.4 is 19.5 Å². The van der Waals surface area contributed by atoms with E-state index < -0.39 is 18.0 Å². The predicted molar refractivity (Wildman–Crippen MR) is 110 cm³/mol. The van der Waals surface area contributed by atoms with Crippen molar-refractivity contribution in [2.75, 3.05) is 26.6 Å². The highest BCUT2D eigenvalue weighted by atomic mass is 16.5. The molecule has 2 aromatic rings. The molecule has 156 valence electrons. The zero-order chi connectivity index (χ0) is 21.6. The van der Waals surface area contributed by atoms with Crippen LogP contribution in [0.5, 0.6) is 17.2 Å². The average Bonchev–Trinajstić information content (AvgIpc) is 2.72. The molecule has 7 heteroatoms. The fourth-order valence-electron chi connectivity index (χ4n) is 2.80. The van der Waals surface area contributed by atoms with Gasteiger partial charge in [-0.1, -0.05) is 32.0 Å². The average molecular weight is 401 g/mol. The molecule has 0 heterocycles. The number of carbonyl (C=O) groups is 2. The fourth-order valence-corrected chi connectivity index (χ4v) is 2.80. The van der Waals surface area contributed by atoms with E-state index in [1.54, 1.807) is 6.92 Å². The van der Waals surface area contributed by atoms with E-state index in [1.807, 2.05) is 24.3 Å². The van der Waals surface area contributed by atoms with Crippen molar-refractivity contribution in [3.63, 3.8) is 0 Å². The number of rotatable bonds is 8. The second-order valence-electron chi connectivity index (χ2n) is 6.69. The lowest BCUT2D eigenvalue weighted by atomic mass is 10.0. The number of ether oxygens (including phenoxy) is 4. The van der Waals surface area contributed by atoms with Crippen molar-refractivity contribution in [3.8, 4) is 17.2 Å². The number of methoxy groups -OCH3 is 3. The van der Waals surface area contributed by atoms with Gasteiger partial charge in [-0.25, -0.2) is 4.79 Å². The molecular weight excluding hydrogens is 374 g/mol. The number of carbonyl (C=O) groups excluding carboxylic acids is 2. The Morgan fingerprint density at radius 2 is 1.52 bits per heavy atom. The van der Waals surface area contributed by atoms with E-state index in [9.17, 15) is 9.59 Å². The van der Waals surface area contributed by atoms with Gasteiger partial charge in [-0.3, -0.25) is 4.79 Å². The molecule has 0 aromatic heterocycles. The SMILES string of the molecule is COC(=O)c1cc(OC)c(OC)cc1NC(=O)[C@H](C)Oc1ccccc1C(C)C. The zero-order valence-electron chi connectivity index (χ0n) is 17.6. The molecule has 1 atom stereocenters. The molecule has 2 rings (SSSR count). The standard InChI is InChI=1S/C22H27NO6/c1-13(2)15-9-7-8-10-18(15)29-14(3)21(24)23-17-12-20(27-5)19(26-4)11-16(17)22(25)28-6/h7-14H,1-6H3,(H,23,24)/t14-/m0/s1. The molecule has 0 aliphatic heterocycles. The van der Waals surface area contributed by atoms with Crippen molar-refractivity contribution in [1.29, 1.82) is 0 Å². The van der Waals surface area contributed by atoms with Gasteiger partial charge >= 0.3 is 5.97 Å². The number of amides is 1. The molecule has 1 N–H and O–H groups in total. The summed E-state index contributed by atoms with van der Waals surface area (Å²) in [6, 6.07) is 10.6. The van der Waals surface area contributed by atoms with Crippen molar-refractivity contribution >= 4 is 17.6 Å². The van der Waals surface area contributed by atoms with E-state index in [-0.39, 0.29) is 17.2 Å². The van der Waals surface area contributed by atoms with Crippen molar-refractivity contribution in [2.45, 2.75) is 32.8 Å². The van der Waals surface area contributed by atoms with E-state index in [1.165, 1.54) is 33.5 Å². The maximum atomic E-state index is 12.8. The maximum Gasteiger partial charge on any atom is 0.340 e. The lowest BCUT2D eigenvalue weighted by Crippen LogP contribution is -2.31. The smallest absolute Gasteiger partial charge is 0.340 e. The van der Waals surface area contributed by atoms with Crippen LogP contribution in [0.1, 0.15) is 42.6 Å². The van der Waals surface area contributed by atoms with Crippen LogP contribution in [0.2, 0.25) is 0 Å². The minimum absolute atomic E-state index is 0.147. The zero-order valence-corrected chi connectivity index (χ0v) is 17.6. The Balaban J connectivity index is 2.28. The Kier molecular flexibility index (Phi) is 7.47. The molecule has 0 saturated carbocycles. The number of anilines is 1. The molecule has 0 radical (unpaired) electrons. The molecule has 0 unspecified atom stereocenters.